The van der Waals surface area contributed by atoms with Crippen LogP contribution in [0.5, 0.6) is 23.3 Å². The number of pyridine rings is 1. The second-order valence-electron chi connectivity index (χ2n) is 10.0. The first-order chi connectivity index (χ1) is 20.2. The van der Waals surface area contributed by atoms with Crippen molar-refractivity contribution < 1.29 is 37.0 Å². The van der Waals surface area contributed by atoms with Crippen molar-refractivity contribution >= 4 is 22.5 Å². The molecule has 0 aliphatic carbocycles. The molecule has 0 bridgehead atoms. The number of nitrogens with zero attached hydrogens (tertiary/aromatic N) is 5. The Morgan fingerprint density at radius 1 is 0.952 bits per heavy atom. The summed E-state index contributed by atoms with van der Waals surface area (Å²) in [5.74, 6) is 1.49. The first kappa shape index (κ1) is 27.4. The van der Waals surface area contributed by atoms with E-state index in [1.807, 2.05) is 30.3 Å². The summed E-state index contributed by atoms with van der Waals surface area (Å²) in [6.07, 6.45) is -1.56. The summed E-state index contributed by atoms with van der Waals surface area (Å²) in [6.45, 7) is 2.29. The van der Waals surface area contributed by atoms with Crippen molar-refractivity contribution in [1.29, 1.82) is 0 Å². The summed E-state index contributed by atoms with van der Waals surface area (Å²) in [4.78, 5) is 21.3. The monoisotopic (exact) mass is 585 g/mol. The third kappa shape index (κ3) is 6.42. The van der Waals surface area contributed by atoms with Gasteiger partial charge in [0.25, 0.3) is 0 Å². The Morgan fingerprint density at radius 2 is 1.69 bits per heavy atom. The second kappa shape index (κ2) is 11.3. The van der Waals surface area contributed by atoms with Crippen molar-refractivity contribution in [2.24, 2.45) is 0 Å². The summed E-state index contributed by atoms with van der Waals surface area (Å²) >= 11 is 0. The van der Waals surface area contributed by atoms with Crippen molar-refractivity contribution in [2.75, 3.05) is 24.6 Å². The van der Waals surface area contributed by atoms with Crippen LogP contribution in [-0.4, -0.2) is 57.7 Å². The van der Waals surface area contributed by atoms with Gasteiger partial charge >= 0.3 is 18.2 Å². The summed E-state index contributed by atoms with van der Waals surface area (Å²) in [7, 11) is 0. The topological polar surface area (TPSA) is 114 Å². The van der Waals surface area contributed by atoms with Gasteiger partial charge in [0, 0.05) is 49.3 Å². The number of imidazole rings is 1. The van der Waals surface area contributed by atoms with Gasteiger partial charge in [0.1, 0.15) is 48.1 Å². The van der Waals surface area contributed by atoms with Gasteiger partial charge in [-0.05, 0) is 59.5 Å². The molecule has 4 heterocycles. The van der Waals surface area contributed by atoms with Crippen LogP contribution >= 0.6 is 0 Å². The number of aryl methyl sites for hydroxylation is 1. The van der Waals surface area contributed by atoms with Gasteiger partial charge in [-0.2, -0.15) is 0 Å². The lowest BCUT2D eigenvalue weighted by atomic mass is 10.1. The van der Waals surface area contributed by atoms with Crippen LogP contribution in [0.3, 0.4) is 0 Å². The summed E-state index contributed by atoms with van der Waals surface area (Å²) in [5, 5.41) is 11.9. The number of anilines is 1. The predicted octanol–water partition coefficient (Wildman–Crippen LogP) is 5.52. The highest BCUT2D eigenvalue weighted by atomic mass is 19.4. The molecule has 2 aliphatic heterocycles. The lowest BCUT2D eigenvalue weighted by Crippen LogP contribution is -2.38. The SMILES string of the molecule is O=[N+]([O-])c1cn2c(n1)O[C@@H](COc1ccc3nc(N4CCC(Oc5ccc(OC(F)(F)F)cc5)CC4)ccc3c1)CC2. The summed E-state index contributed by atoms with van der Waals surface area (Å²) < 4.78 is 60.3. The third-order valence-electron chi connectivity index (χ3n) is 7.09. The standard InChI is InChI=1S/C28H26F3N5O6/c29-28(30,31)42-21-4-2-19(3-5-21)40-20-9-12-34(13-10-20)25-8-1-18-15-22(6-7-24(18)32-25)39-17-23-11-14-35-16-26(36(37)38)33-27(35)41-23/h1-8,15-16,20,23H,9-14,17H2/t23-/m1/s1. The predicted molar refractivity (Wildman–Crippen MR) is 144 cm³/mol. The lowest BCUT2D eigenvalue weighted by molar-refractivity contribution is -0.389. The smallest absolute Gasteiger partial charge is 0.490 e. The van der Waals surface area contributed by atoms with Gasteiger partial charge < -0.3 is 34.0 Å². The highest BCUT2D eigenvalue weighted by Gasteiger charge is 2.31. The highest BCUT2D eigenvalue weighted by molar-refractivity contribution is 5.81. The summed E-state index contributed by atoms with van der Waals surface area (Å²) in [5.41, 5.74) is 0.822. The van der Waals surface area contributed by atoms with Crippen molar-refractivity contribution in [3.63, 3.8) is 0 Å². The number of ether oxygens (including phenoxy) is 4. The third-order valence-corrected chi connectivity index (χ3v) is 7.09. The minimum absolute atomic E-state index is 0.0564. The first-order valence-corrected chi connectivity index (χ1v) is 13.4. The first-order valence-electron chi connectivity index (χ1n) is 13.4. The minimum Gasteiger partial charge on any atom is -0.490 e. The van der Waals surface area contributed by atoms with Gasteiger partial charge in [-0.3, -0.25) is 4.57 Å². The molecule has 0 spiro atoms. The maximum atomic E-state index is 12.4. The maximum absolute atomic E-state index is 12.4. The molecule has 0 radical (unpaired) electrons. The van der Waals surface area contributed by atoms with Crippen LogP contribution in [0.25, 0.3) is 10.9 Å². The molecule has 0 unspecified atom stereocenters. The Morgan fingerprint density at radius 3 is 2.43 bits per heavy atom. The Balaban J connectivity index is 1.00. The fourth-order valence-corrected chi connectivity index (χ4v) is 5.00. The van der Waals surface area contributed by atoms with Crippen molar-refractivity contribution in [3.8, 4) is 23.3 Å². The molecule has 1 saturated heterocycles. The Labute approximate surface area is 237 Å². The van der Waals surface area contributed by atoms with Crippen LogP contribution < -0.4 is 23.8 Å². The van der Waals surface area contributed by atoms with Gasteiger partial charge in [-0.15, -0.1) is 13.2 Å². The normalized spacial score (nSPS) is 17.4. The van der Waals surface area contributed by atoms with Crippen molar-refractivity contribution in [3.05, 3.63) is 70.9 Å². The molecule has 2 aromatic carbocycles. The van der Waals surface area contributed by atoms with Crippen LogP contribution in [-0.2, 0) is 6.54 Å². The minimum atomic E-state index is -4.73. The van der Waals surface area contributed by atoms with E-state index in [0.717, 1.165) is 42.7 Å². The van der Waals surface area contributed by atoms with Crippen LogP contribution in [0, 0.1) is 10.1 Å². The molecule has 220 valence electrons. The largest absolute Gasteiger partial charge is 0.573 e. The number of aromatic nitrogens is 3. The Hall–Kier alpha value is -4.75. The number of halogens is 3. The number of piperidine rings is 1. The second-order valence-corrected chi connectivity index (χ2v) is 10.0. The van der Waals surface area contributed by atoms with Crippen molar-refractivity contribution in [2.45, 2.75) is 44.4 Å². The van der Waals surface area contributed by atoms with Gasteiger partial charge in [0.15, 0.2) is 0 Å². The molecule has 6 rings (SSSR count). The Kier molecular flexibility index (Phi) is 7.35. The van der Waals surface area contributed by atoms with Crippen LogP contribution in [0.4, 0.5) is 24.8 Å². The molecule has 1 fully saturated rings. The average molecular weight is 586 g/mol. The van der Waals surface area contributed by atoms with Crippen LogP contribution in [0.2, 0.25) is 0 Å². The maximum Gasteiger partial charge on any atom is 0.573 e. The zero-order valence-corrected chi connectivity index (χ0v) is 22.2. The molecule has 0 saturated carbocycles. The number of fused-ring (bicyclic) bond motifs is 2. The van der Waals surface area contributed by atoms with Crippen molar-refractivity contribution in [1.82, 2.24) is 14.5 Å². The van der Waals surface area contributed by atoms with E-state index in [4.69, 9.17) is 19.2 Å². The van der Waals surface area contributed by atoms with Gasteiger partial charge in [0.05, 0.1) is 5.52 Å². The molecule has 0 N–H and O–H groups in total. The van der Waals surface area contributed by atoms with E-state index in [2.05, 4.69) is 14.6 Å². The zero-order chi connectivity index (χ0) is 29.3. The zero-order valence-electron chi connectivity index (χ0n) is 22.2. The van der Waals surface area contributed by atoms with Gasteiger partial charge in [0.2, 0.25) is 0 Å². The van der Waals surface area contributed by atoms with E-state index in [1.165, 1.54) is 30.5 Å². The molecule has 14 heteroatoms. The fourth-order valence-electron chi connectivity index (χ4n) is 5.00. The van der Waals surface area contributed by atoms with E-state index >= 15 is 0 Å². The molecule has 2 aliphatic rings. The highest BCUT2D eigenvalue weighted by Crippen LogP contribution is 2.29. The number of alkyl halides is 3. The van der Waals surface area contributed by atoms with E-state index in [-0.39, 0.29) is 36.4 Å². The lowest BCUT2D eigenvalue weighted by Gasteiger charge is -2.33. The van der Waals surface area contributed by atoms with Gasteiger partial charge in [-0.1, -0.05) is 0 Å². The summed E-state index contributed by atoms with van der Waals surface area (Å²) in [6, 6.07) is 15.3. The molecule has 0 amide bonds. The molecule has 11 nitrogen and oxygen atoms in total. The molecular weight excluding hydrogens is 559 g/mol. The fraction of sp³-hybridized carbons (Fsp3) is 0.357. The number of benzene rings is 2. The van der Waals surface area contributed by atoms with Crippen LogP contribution in [0.15, 0.2) is 60.8 Å². The number of nitro groups is 1. The van der Waals surface area contributed by atoms with Crippen LogP contribution in [0.1, 0.15) is 19.3 Å². The van der Waals surface area contributed by atoms with E-state index in [0.29, 0.717) is 24.5 Å². The molecule has 1 atom stereocenters. The number of hydrogen-bond donors (Lipinski definition) is 0. The molecule has 42 heavy (non-hydrogen) atoms. The van der Waals surface area contributed by atoms with E-state index < -0.39 is 11.3 Å². The number of rotatable bonds is 8. The van der Waals surface area contributed by atoms with Gasteiger partial charge in [-0.25, -0.2) is 4.98 Å². The molecular formula is C28H26F3N5O6. The molecule has 4 aromatic rings. The van der Waals surface area contributed by atoms with E-state index in [9.17, 15) is 23.3 Å². The quantitative estimate of drug-likeness (QED) is 0.195. The Bertz CT molecular complexity index is 1570. The average Bonchev–Trinajstić information content (AvgIpc) is 3.41. The number of hydrogen-bond acceptors (Lipinski definition) is 9. The van der Waals surface area contributed by atoms with E-state index in [1.54, 1.807) is 4.57 Å². The molecule has 2 aromatic heterocycles.